The molecule has 146 valence electrons. The van der Waals surface area contributed by atoms with Gasteiger partial charge in [-0.25, -0.2) is 4.39 Å². The zero-order chi connectivity index (χ0) is 20.5. The molecule has 0 spiro atoms. The van der Waals surface area contributed by atoms with Crippen LogP contribution in [0.2, 0.25) is 10.0 Å². The summed E-state index contributed by atoms with van der Waals surface area (Å²) in [5, 5.41) is 0.814. The summed E-state index contributed by atoms with van der Waals surface area (Å²) in [6.45, 7) is 2.07. The third kappa shape index (κ3) is 3.86. The first-order valence-electron chi connectivity index (χ1n) is 8.83. The molecule has 0 aliphatic carbocycles. The maximum atomic E-state index is 14.1. The van der Waals surface area contributed by atoms with Gasteiger partial charge in [0.2, 0.25) is 5.78 Å². The van der Waals surface area contributed by atoms with Gasteiger partial charge in [0.25, 0.3) is 0 Å². The van der Waals surface area contributed by atoms with Crippen molar-refractivity contribution in [1.29, 1.82) is 0 Å². The molecule has 6 heteroatoms. The van der Waals surface area contributed by atoms with E-state index in [0.29, 0.717) is 27.6 Å². The highest BCUT2D eigenvalue weighted by atomic mass is 35.5. The minimum Gasteiger partial charge on any atom is -0.489 e. The number of ether oxygens (including phenoxy) is 2. The summed E-state index contributed by atoms with van der Waals surface area (Å²) in [6.07, 6.45) is 1.32. The molecule has 3 aromatic rings. The van der Waals surface area contributed by atoms with Crippen LogP contribution in [-0.2, 0) is 6.61 Å². The number of aryl methyl sites for hydroxylation is 1. The highest BCUT2D eigenvalue weighted by Gasteiger charge is 2.30. The van der Waals surface area contributed by atoms with Crippen molar-refractivity contribution in [1.82, 2.24) is 0 Å². The summed E-state index contributed by atoms with van der Waals surface area (Å²) in [5.41, 5.74) is 2.08. The highest BCUT2D eigenvalue weighted by molar-refractivity contribution is 6.32. The van der Waals surface area contributed by atoms with Crippen LogP contribution in [0.1, 0.15) is 27.0 Å². The molecule has 0 unspecified atom stereocenters. The van der Waals surface area contributed by atoms with Gasteiger partial charge < -0.3 is 9.47 Å². The van der Waals surface area contributed by atoms with E-state index in [4.69, 9.17) is 32.7 Å². The minimum atomic E-state index is -0.530. The molecule has 29 heavy (non-hydrogen) atoms. The Kier molecular flexibility index (Phi) is 5.31. The molecule has 3 aromatic carbocycles. The van der Waals surface area contributed by atoms with Crippen molar-refractivity contribution in [2.45, 2.75) is 13.5 Å². The number of benzene rings is 3. The normalized spacial score (nSPS) is 14.1. The van der Waals surface area contributed by atoms with Crippen molar-refractivity contribution in [2.75, 3.05) is 0 Å². The molecule has 0 atom stereocenters. The third-order valence-corrected chi connectivity index (χ3v) is 5.27. The van der Waals surface area contributed by atoms with Gasteiger partial charge in [0.05, 0.1) is 10.6 Å². The fraction of sp³-hybridized carbons (Fsp3) is 0.0870. The van der Waals surface area contributed by atoms with Crippen LogP contribution in [0.4, 0.5) is 4.39 Å². The van der Waals surface area contributed by atoms with Crippen LogP contribution in [0.3, 0.4) is 0 Å². The van der Waals surface area contributed by atoms with E-state index in [-0.39, 0.29) is 28.7 Å². The van der Waals surface area contributed by atoms with E-state index in [2.05, 4.69) is 0 Å². The molecule has 1 heterocycles. The molecule has 0 saturated carbocycles. The van der Waals surface area contributed by atoms with Crippen LogP contribution >= 0.6 is 23.2 Å². The van der Waals surface area contributed by atoms with Crippen LogP contribution in [0.25, 0.3) is 6.08 Å². The minimum absolute atomic E-state index is 0.0124. The first-order chi connectivity index (χ1) is 13.9. The van der Waals surface area contributed by atoms with Gasteiger partial charge in [-0.05, 0) is 42.8 Å². The second-order valence-corrected chi connectivity index (χ2v) is 7.38. The lowest BCUT2D eigenvalue weighted by atomic mass is 10.0. The average Bonchev–Trinajstić information content (AvgIpc) is 3.00. The summed E-state index contributed by atoms with van der Waals surface area (Å²) in [5.74, 6) is 0.0627. The third-order valence-electron chi connectivity index (χ3n) is 4.57. The summed E-state index contributed by atoms with van der Waals surface area (Å²) < 4.78 is 25.6. The summed E-state index contributed by atoms with van der Waals surface area (Å²) in [7, 11) is 0. The van der Waals surface area contributed by atoms with Gasteiger partial charge in [0.1, 0.15) is 23.9 Å². The Morgan fingerprint density at radius 3 is 2.59 bits per heavy atom. The number of ketones is 1. The standard InChI is InChI=1S/C23H15Cl2FO3/c1-13-9-15(28-12-14-5-2-3-6-17(14)24)10-20-22(13)23(27)21(29-20)11-16-18(25)7-4-8-19(16)26/h2-11H,12H2,1H3/b21-11-. The van der Waals surface area contributed by atoms with Crippen LogP contribution in [0, 0.1) is 12.7 Å². The van der Waals surface area contributed by atoms with E-state index in [1.807, 2.05) is 18.2 Å². The Labute approximate surface area is 177 Å². The van der Waals surface area contributed by atoms with Crippen molar-refractivity contribution in [3.63, 3.8) is 0 Å². The fourth-order valence-electron chi connectivity index (χ4n) is 3.12. The van der Waals surface area contributed by atoms with Gasteiger partial charge in [0, 0.05) is 22.2 Å². The smallest absolute Gasteiger partial charge is 0.232 e. The van der Waals surface area contributed by atoms with E-state index in [1.165, 1.54) is 18.2 Å². The Morgan fingerprint density at radius 1 is 1.07 bits per heavy atom. The molecule has 1 aliphatic rings. The first kappa shape index (κ1) is 19.5. The number of halogens is 3. The Balaban J connectivity index is 1.62. The number of fused-ring (bicyclic) bond motifs is 1. The zero-order valence-electron chi connectivity index (χ0n) is 15.3. The summed E-state index contributed by atoms with van der Waals surface area (Å²) >= 11 is 12.2. The van der Waals surface area contributed by atoms with Gasteiger partial charge in [-0.2, -0.15) is 0 Å². The van der Waals surface area contributed by atoms with Crippen LogP contribution in [0.15, 0.2) is 60.4 Å². The van der Waals surface area contributed by atoms with E-state index in [0.717, 1.165) is 5.56 Å². The number of hydrogen-bond donors (Lipinski definition) is 0. The Hall–Kier alpha value is -2.82. The molecular formula is C23H15Cl2FO3. The van der Waals surface area contributed by atoms with Crippen LogP contribution < -0.4 is 9.47 Å². The van der Waals surface area contributed by atoms with Gasteiger partial charge in [0.15, 0.2) is 5.76 Å². The molecule has 0 N–H and O–H groups in total. The van der Waals surface area contributed by atoms with E-state index < -0.39 is 5.82 Å². The molecule has 0 fully saturated rings. The number of hydrogen-bond acceptors (Lipinski definition) is 3. The quantitative estimate of drug-likeness (QED) is 0.437. The summed E-state index contributed by atoms with van der Waals surface area (Å²) in [6, 6.07) is 15.1. The second-order valence-electron chi connectivity index (χ2n) is 6.57. The van der Waals surface area contributed by atoms with Crippen molar-refractivity contribution in [2.24, 2.45) is 0 Å². The predicted octanol–water partition coefficient (Wildman–Crippen LogP) is 6.64. The largest absolute Gasteiger partial charge is 0.489 e. The van der Waals surface area contributed by atoms with Crippen LogP contribution in [-0.4, -0.2) is 5.78 Å². The molecule has 0 amide bonds. The molecule has 0 bridgehead atoms. The number of allylic oxidation sites excluding steroid dienone is 1. The van der Waals surface area contributed by atoms with Gasteiger partial charge >= 0.3 is 0 Å². The lowest BCUT2D eigenvalue weighted by Crippen LogP contribution is -2.01. The maximum Gasteiger partial charge on any atom is 0.232 e. The topological polar surface area (TPSA) is 35.5 Å². The van der Waals surface area contributed by atoms with E-state index >= 15 is 0 Å². The number of carbonyl (C=O) groups excluding carboxylic acids is 1. The number of Topliss-reactive ketones (excluding diaryl/α,β-unsaturated/α-hetero) is 1. The van der Waals surface area contributed by atoms with Gasteiger partial charge in [-0.1, -0.05) is 47.5 Å². The van der Waals surface area contributed by atoms with Crippen molar-refractivity contribution >= 4 is 35.1 Å². The van der Waals surface area contributed by atoms with E-state index in [1.54, 1.807) is 31.2 Å². The van der Waals surface area contributed by atoms with Crippen molar-refractivity contribution in [3.05, 3.63) is 98.5 Å². The number of carbonyl (C=O) groups is 1. The molecule has 1 aliphatic heterocycles. The lowest BCUT2D eigenvalue weighted by molar-refractivity contribution is 0.101. The zero-order valence-corrected chi connectivity index (χ0v) is 16.9. The SMILES string of the molecule is Cc1cc(OCc2ccccc2Cl)cc2c1C(=O)/C(=C/c1c(F)cccc1Cl)O2. The van der Waals surface area contributed by atoms with E-state index in [9.17, 15) is 9.18 Å². The maximum absolute atomic E-state index is 14.1. The Bertz CT molecular complexity index is 1130. The predicted molar refractivity (Wildman–Crippen MR) is 111 cm³/mol. The highest BCUT2D eigenvalue weighted by Crippen LogP contribution is 2.38. The summed E-state index contributed by atoms with van der Waals surface area (Å²) in [4.78, 5) is 12.8. The van der Waals surface area contributed by atoms with Gasteiger partial charge in [-0.3, -0.25) is 4.79 Å². The van der Waals surface area contributed by atoms with Crippen molar-refractivity contribution < 1.29 is 18.7 Å². The van der Waals surface area contributed by atoms with Crippen LogP contribution in [0.5, 0.6) is 11.5 Å². The molecule has 0 saturated heterocycles. The monoisotopic (exact) mass is 428 g/mol. The van der Waals surface area contributed by atoms with Crippen molar-refractivity contribution in [3.8, 4) is 11.5 Å². The second kappa shape index (κ2) is 7.90. The molecule has 4 rings (SSSR count). The molecule has 3 nitrogen and oxygen atoms in total. The lowest BCUT2D eigenvalue weighted by Gasteiger charge is -2.10. The molecule has 0 aromatic heterocycles. The number of rotatable bonds is 4. The fourth-order valence-corrected chi connectivity index (χ4v) is 3.52. The van der Waals surface area contributed by atoms with Gasteiger partial charge in [-0.15, -0.1) is 0 Å². The Morgan fingerprint density at radius 2 is 1.83 bits per heavy atom. The molecule has 0 radical (unpaired) electrons. The first-order valence-corrected chi connectivity index (χ1v) is 9.59. The average molecular weight is 429 g/mol. The molecular weight excluding hydrogens is 414 g/mol.